The number of benzene rings is 3. The van der Waals surface area contributed by atoms with Crippen molar-refractivity contribution >= 4 is 40.1 Å². The van der Waals surface area contributed by atoms with Crippen molar-refractivity contribution in [3.8, 4) is 22.8 Å². The number of alkyl halides is 3. The van der Waals surface area contributed by atoms with Crippen LogP contribution in [-0.4, -0.2) is 44.0 Å². The molecule has 1 fully saturated rings. The van der Waals surface area contributed by atoms with Crippen LogP contribution in [0.2, 0.25) is 0 Å². The van der Waals surface area contributed by atoms with Crippen LogP contribution in [0.25, 0.3) is 22.6 Å². The zero-order chi connectivity index (χ0) is 30.7. The molecule has 0 spiro atoms. The zero-order valence-corrected chi connectivity index (χ0v) is 24.0. The number of hydrogen-bond acceptors (Lipinski definition) is 6. The highest BCUT2D eigenvalue weighted by atomic mass is 32.2. The second kappa shape index (κ2) is 12.1. The monoisotopic (exact) mass is 606 g/mol. The quantitative estimate of drug-likeness (QED) is 0.264. The lowest BCUT2D eigenvalue weighted by Crippen LogP contribution is -2.32. The number of hydrogen-bond donors (Lipinski definition) is 1. The fourth-order valence-electron chi connectivity index (χ4n) is 4.40. The summed E-state index contributed by atoms with van der Waals surface area (Å²) < 4.78 is 42.5. The third-order valence-electron chi connectivity index (χ3n) is 6.46. The maximum Gasteiger partial charge on any atom is 0.573 e. The summed E-state index contributed by atoms with van der Waals surface area (Å²) >= 11 is 1.22. The number of thioether (sulfide) groups is 1. The van der Waals surface area contributed by atoms with Gasteiger partial charge in [-0.3, -0.25) is 9.69 Å². The molecule has 43 heavy (non-hydrogen) atoms. The molecule has 0 radical (unpaired) electrons. The number of amidine groups is 1. The molecule has 3 aromatic carbocycles. The first-order valence-electron chi connectivity index (χ1n) is 12.9. The van der Waals surface area contributed by atoms with Crippen LogP contribution in [0.5, 0.6) is 5.75 Å². The Bertz CT molecular complexity index is 1710. The SMILES string of the molecule is C/C(=C\NC(=O)N=C1SCC(=O)N1c1c(C)cccc1C)c1ccc(-c2ncn(-c3ccc(OC(F)(F)F)cc3)n2)cc1. The van der Waals surface area contributed by atoms with E-state index in [0.29, 0.717) is 16.7 Å². The third-order valence-corrected chi connectivity index (χ3v) is 7.39. The number of urea groups is 1. The number of carbonyl (C=O) groups excluding carboxylic acids is 2. The number of carbonyl (C=O) groups is 2. The highest BCUT2D eigenvalue weighted by molar-refractivity contribution is 8.15. The van der Waals surface area contributed by atoms with Crippen LogP contribution < -0.4 is 15.0 Å². The Kier molecular flexibility index (Phi) is 8.35. The fraction of sp³-hybridized carbons (Fsp3) is 0.167. The fourth-order valence-corrected chi connectivity index (χ4v) is 5.25. The number of amides is 3. The molecule has 13 heteroatoms. The van der Waals surface area contributed by atoms with E-state index < -0.39 is 12.4 Å². The molecule has 0 aliphatic carbocycles. The summed E-state index contributed by atoms with van der Waals surface area (Å²) in [4.78, 5) is 35.2. The van der Waals surface area contributed by atoms with Gasteiger partial charge in [-0.1, -0.05) is 54.2 Å². The van der Waals surface area contributed by atoms with Crippen LogP contribution >= 0.6 is 11.8 Å². The first-order chi connectivity index (χ1) is 20.5. The normalized spacial score (nSPS) is 14.8. The smallest absolute Gasteiger partial charge is 0.406 e. The molecule has 1 aliphatic rings. The molecule has 1 aliphatic heterocycles. The van der Waals surface area contributed by atoms with Crippen molar-refractivity contribution in [2.75, 3.05) is 10.7 Å². The number of nitrogens with zero attached hydrogens (tertiary/aromatic N) is 5. The van der Waals surface area contributed by atoms with Crippen LogP contribution in [-0.2, 0) is 4.79 Å². The second-order valence-electron chi connectivity index (χ2n) is 9.56. The van der Waals surface area contributed by atoms with E-state index in [2.05, 4.69) is 25.1 Å². The first-order valence-corrected chi connectivity index (χ1v) is 13.9. The summed E-state index contributed by atoms with van der Waals surface area (Å²) in [6.07, 6.45) is -1.75. The number of allylic oxidation sites excluding steroid dienone is 1. The standard InChI is InChI=1S/C30H25F3N6O3S/c1-18-5-4-6-19(2)26(18)39-25(40)16-43-29(39)36-28(41)34-15-20(3)21-7-9-22(10-8-21)27-35-17-38(37-27)23-11-13-24(14-12-23)42-30(31,32)33/h4-15,17H,16H2,1-3H3,(H,34,41)/b20-15+,36-29?. The van der Waals surface area contributed by atoms with Gasteiger partial charge in [-0.25, -0.2) is 14.5 Å². The lowest BCUT2D eigenvalue weighted by atomic mass is 10.1. The Morgan fingerprint density at radius 1 is 1.05 bits per heavy atom. The molecule has 0 bridgehead atoms. The number of rotatable bonds is 6. The van der Waals surface area contributed by atoms with Crippen molar-refractivity contribution in [2.45, 2.75) is 27.1 Å². The number of aromatic nitrogens is 3. The summed E-state index contributed by atoms with van der Waals surface area (Å²) in [6, 6.07) is 17.8. The van der Waals surface area contributed by atoms with E-state index in [1.54, 1.807) is 6.20 Å². The van der Waals surface area contributed by atoms with E-state index in [-0.39, 0.29) is 17.4 Å². The highest BCUT2D eigenvalue weighted by Gasteiger charge is 2.32. The lowest BCUT2D eigenvalue weighted by molar-refractivity contribution is -0.274. The van der Waals surface area contributed by atoms with E-state index in [9.17, 15) is 22.8 Å². The molecule has 220 valence electrons. The zero-order valence-electron chi connectivity index (χ0n) is 23.2. The van der Waals surface area contributed by atoms with Crippen LogP contribution in [0.3, 0.4) is 0 Å². The minimum atomic E-state index is -4.76. The molecular formula is C30H25F3N6O3S. The van der Waals surface area contributed by atoms with Gasteiger partial charge in [0, 0.05) is 11.8 Å². The molecule has 1 saturated heterocycles. The number of aryl methyl sites for hydroxylation is 2. The number of para-hydroxylation sites is 1. The van der Waals surface area contributed by atoms with E-state index >= 15 is 0 Å². The topological polar surface area (TPSA) is 102 Å². The van der Waals surface area contributed by atoms with E-state index in [4.69, 9.17) is 0 Å². The summed E-state index contributed by atoms with van der Waals surface area (Å²) in [5.74, 6) is 0.168. The molecule has 3 amide bonds. The van der Waals surface area contributed by atoms with Crippen molar-refractivity contribution in [3.05, 3.63) is 95.9 Å². The average molecular weight is 607 g/mol. The van der Waals surface area contributed by atoms with Gasteiger partial charge in [0.1, 0.15) is 12.1 Å². The van der Waals surface area contributed by atoms with Crippen molar-refractivity contribution < 1.29 is 27.5 Å². The lowest BCUT2D eigenvalue weighted by Gasteiger charge is -2.20. The Morgan fingerprint density at radius 3 is 2.37 bits per heavy atom. The minimum Gasteiger partial charge on any atom is -0.406 e. The molecule has 4 aromatic rings. The summed E-state index contributed by atoms with van der Waals surface area (Å²) in [5.41, 5.74) is 5.40. The molecule has 5 rings (SSSR count). The number of nitrogens with one attached hydrogen (secondary N) is 1. The van der Waals surface area contributed by atoms with Gasteiger partial charge in [0.2, 0.25) is 5.91 Å². The van der Waals surface area contributed by atoms with Crippen LogP contribution in [0.1, 0.15) is 23.6 Å². The van der Waals surface area contributed by atoms with Gasteiger partial charge in [-0.2, -0.15) is 4.99 Å². The number of aliphatic imine (C=N–C) groups is 1. The van der Waals surface area contributed by atoms with Gasteiger partial charge in [-0.05, 0) is 67.3 Å². The number of anilines is 1. The molecule has 2 heterocycles. The Morgan fingerprint density at radius 2 is 1.72 bits per heavy atom. The summed E-state index contributed by atoms with van der Waals surface area (Å²) in [5, 5.41) is 7.40. The predicted molar refractivity (Wildman–Crippen MR) is 159 cm³/mol. The Balaban J connectivity index is 1.24. The molecule has 1 N–H and O–H groups in total. The van der Waals surface area contributed by atoms with E-state index in [1.165, 1.54) is 51.9 Å². The van der Waals surface area contributed by atoms with Crippen LogP contribution in [0.4, 0.5) is 23.7 Å². The van der Waals surface area contributed by atoms with Gasteiger partial charge < -0.3 is 10.1 Å². The summed E-state index contributed by atoms with van der Waals surface area (Å²) in [6.45, 7) is 5.65. The van der Waals surface area contributed by atoms with Gasteiger partial charge >= 0.3 is 12.4 Å². The minimum absolute atomic E-state index is 0.131. The molecule has 1 aromatic heterocycles. The van der Waals surface area contributed by atoms with Crippen LogP contribution in [0, 0.1) is 13.8 Å². The molecule has 0 saturated carbocycles. The third kappa shape index (κ3) is 6.95. The Hall–Kier alpha value is -4.91. The number of halogens is 3. The van der Waals surface area contributed by atoms with Crippen molar-refractivity contribution in [1.82, 2.24) is 20.1 Å². The van der Waals surface area contributed by atoms with E-state index in [1.807, 2.05) is 63.2 Å². The van der Waals surface area contributed by atoms with Crippen molar-refractivity contribution in [3.63, 3.8) is 0 Å². The van der Waals surface area contributed by atoms with Crippen molar-refractivity contribution in [2.24, 2.45) is 4.99 Å². The maximum absolute atomic E-state index is 12.7. The Labute approximate surface area is 249 Å². The average Bonchev–Trinajstić information content (AvgIpc) is 3.59. The van der Waals surface area contributed by atoms with Crippen LogP contribution in [0.15, 0.2) is 84.2 Å². The first kappa shape index (κ1) is 29.6. The van der Waals surface area contributed by atoms with Crippen molar-refractivity contribution in [1.29, 1.82) is 0 Å². The van der Waals surface area contributed by atoms with Gasteiger partial charge in [0.05, 0.1) is 17.1 Å². The second-order valence-corrected chi connectivity index (χ2v) is 10.5. The highest BCUT2D eigenvalue weighted by Crippen LogP contribution is 2.32. The van der Waals surface area contributed by atoms with Gasteiger partial charge in [0.25, 0.3) is 0 Å². The van der Waals surface area contributed by atoms with Gasteiger partial charge in [-0.15, -0.1) is 18.3 Å². The number of ether oxygens (including phenoxy) is 1. The van der Waals surface area contributed by atoms with Gasteiger partial charge in [0.15, 0.2) is 11.0 Å². The molecule has 0 atom stereocenters. The molecule has 9 nitrogen and oxygen atoms in total. The van der Waals surface area contributed by atoms with E-state index in [0.717, 1.165) is 33.5 Å². The summed E-state index contributed by atoms with van der Waals surface area (Å²) in [7, 11) is 0. The predicted octanol–water partition coefficient (Wildman–Crippen LogP) is 6.66. The molecule has 0 unspecified atom stereocenters. The molecular weight excluding hydrogens is 581 g/mol. The maximum atomic E-state index is 12.7. The largest absolute Gasteiger partial charge is 0.573 e.